The smallest absolute Gasteiger partial charge is 0.426 e. The van der Waals surface area contributed by atoms with E-state index < -0.39 is 19.1 Å². The van der Waals surface area contributed by atoms with Crippen molar-refractivity contribution in [1.29, 1.82) is 0 Å². The monoisotopic (exact) mass is 503 g/mol. The largest absolute Gasteiger partial charge is 0.469 e. The number of nitrogens with one attached hydrogen (secondary N) is 3. The third kappa shape index (κ3) is 13.8. The minimum atomic E-state index is -1.60. The molecule has 8 nitrogen and oxygen atoms in total. The van der Waals surface area contributed by atoms with Crippen molar-refractivity contribution in [3.05, 3.63) is 35.4 Å². The molecule has 1 aromatic carbocycles. The minimum absolute atomic E-state index is 0.0491. The summed E-state index contributed by atoms with van der Waals surface area (Å²) in [6, 6.07) is 6.17. The Morgan fingerprint density at radius 1 is 0.944 bits per heavy atom. The van der Waals surface area contributed by atoms with Crippen LogP contribution in [0.2, 0.25) is 0 Å². The van der Waals surface area contributed by atoms with Gasteiger partial charge in [-0.2, -0.15) is 0 Å². The van der Waals surface area contributed by atoms with Crippen molar-refractivity contribution >= 4 is 24.7 Å². The molecule has 0 aliphatic carbocycles. The van der Waals surface area contributed by atoms with Crippen molar-refractivity contribution in [2.24, 2.45) is 5.92 Å². The second-order valence-electron chi connectivity index (χ2n) is 10.1. The van der Waals surface area contributed by atoms with Crippen LogP contribution in [0.25, 0.3) is 0 Å². The molecule has 0 unspecified atom stereocenters. The Bertz CT molecular complexity index is 786. The van der Waals surface area contributed by atoms with E-state index in [1.807, 2.05) is 32.9 Å². The van der Waals surface area contributed by atoms with Gasteiger partial charge in [-0.3, -0.25) is 14.4 Å². The van der Waals surface area contributed by atoms with Gasteiger partial charge in [0.15, 0.2) is 5.78 Å². The van der Waals surface area contributed by atoms with E-state index in [0.29, 0.717) is 18.4 Å². The van der Waals surface area contributed by atoms with Gasteiger partial charge in [-0.25, -0.2) is 0 Å². The summed E-state index contributed by atoms with van der Waals surface area (Å²) in [5.41, 5.74) is 1.50. The molecule has 0 fully saturated rings. The number of amides is 2. The molecule has 0 radical (unpaired) electrons. The molecule has 36 heavy (non-hydrogen) atoms. The molecule has 0 aromatic heterocycles. The summed E-state index contributed by atoms with van der Waals surface area (Å²) in [4.78, 5) is 38.1. The molecule has 0 spiro atoms. The van der Waals surface area contributed by atoms with Gasteiger partial charge < -0.3 is 26.0 Å². The topological polar surface area (TPSA) is 128 Å². The van der Waals surface area contributed by atoms with Gasteiger partial charge in [-0.05, 0) is 37.8 Å². The first kappa shape index (κ1) is 31.8. The second kappa shape index (κ2) is 18.1. The van der Waals surface area contributed by atoms with E-state index in [1.54, 1.807) is 12.1 Å². The summed E-state index contributed by atoms with van der Waals surface area (Å²) in [6.45, 7) is 7.81. The molecular formula is C27H46BN3O5. The fourth-order valence-corrected chi connectivity index (χ4v) is 3.93. The van der Waals surface area contributed by atoms with Crippen molar-refractivity contribution < 1.29 is 24.4 Å². The van der Waals surface area contributed by atoms with Crippen molar-refractivity contribution in [3.8, 4) is 0 Å². The van der Waals surface area contributed by atoms with Crippen LogP contribution in [-0.2, 0) is 9.59 Å². The van der Waals surface area contributed by atoms with Gasteiger partial charge in [0.1, 0.15) is 6.04 Å². The first-order valence-corrected chi connectivity index (χ1v) is 13.4. The summed E-state index contributed by atoms with van der Waals surface area (Å²) in [6.07, 6.45) is 8.42. The first-order valence-electron chi connectivity index (χ1n) is 13.4. The Labute approximate surface area is 217 Å². The van der Waals surface area contributed by atoms with Crippen LogP contribution in [-0.4, -0.2) is 59.8 Å². The number of rotatable bonds is 19. The molecule has 2 atom stereocenters. The first-order chi connectivity index (χ1) is 17.1. The Kier molecular flexibility index (Phi) is 16.0. The third-order valence-corrected chi connectivity index (χ3v) is 6.14. The van der Waals surface area contributed by atoms with E-state index in [-0.39, 0.29) is 36.6 Å². The zero-order valence-electron chi connectivity index (χ0n) is 22.5. The fourth-order valence-electron chi connectivity index (χ4n) is 3.93. The number of hydrogen-bond donors (Lipinski definition) is 5. The highest BCUT2D eigenvalue weighted by molar-refractivity contribution is 6.43. The minimum Gasteiger partial charge on any atom is -0.426 e. The molecule has 0 saturated carbocycles. The quantitative estimate of drug-likeness (QED) is 0.146. The Morgan fingerprint density at radius 3 is 2.14 bits per heavy atom. The summed E-state index contributed by atoms with van der Waals surface area (Å²) >= 11 is 0. The third-order valence-electron chi connectivity index (χ3n) is 6.14. The van der Waals surface area contributed by atoms with Crippen molar-refractivity contribution in [1.82, 2.24) is 16.0 Å². The highest BCUT2D eigenvalue weighted by atomic mass is 16.4. The Morgan fingerprint density at radius 2 is 1.56 bits per heavy atom. The van der Waals surface area contributed by atoms with E-state index >= 15 is 0 Å². The standard InChI is InChI=1S/C27H46BN3O5/c1-5-6-7-8-9-10-11-12-26(33)31-23(18-30-27(34)22-15-13-21(4)14-16-22)24(32)19-29-25(28(35)36)17-20(2)3/h13-16,20,23,25,29,35-36H,5-12,17-19H2,1-4H3,(H,30,34)(H,31,33)/t23-,25-/m0/s1. The van der Waals surface area contributed by atoms with Gasteiger partial charge in [-0.15, -0.1) is 0 Å². The van der Waals surface area contributed by atoms with E-state index in [9.17, 15) is 24.4 Å². The highest BCUT2D eigenvalue weighted by Gasteiger charge is 2.27. The van der Waals surface area contributed by atoms with E-state index in [2.05, 4.69) is 22.9 Å². The van der Waals surface area contributed by atoms with Gasteiger partial charge in [0, 0.05) is 24.5 Å². The Balaban J connectivity index is 2.69. The number of unbranched alkanes of at least 4 members (excludes halogenated alkanes) is 6. The van der Waals surface area contributed by atoms with Crippen molar-refractivity contribution in [3.63, 3.8) is 0 Å². The molecule has 9 heteroatoms. The Hall–Kier alpha value is -2.23. The SMILES string of the molecule is CCCCCCCCCC(=O)N[C@@H](CNC(=O)c1ccc(C)cc1)C(=O)CN[C@@H](CC(C)C)B(O)O. The van der Waals surface area contributed by atoms with Crippen LogP contribution in [0.4, 0.5) is 0 Å². The summed E-state index contributed by atoms with van der Waals surface area (Å²) in [5.74, 6) is -1.36. The van der Waals surface area contributed by atoms with Crippen molar-refractivity contribution in [2.45, 2.75) is 97.5 Å². The molecule has 1 aromatic rings. The van der Waals surface area contributed by atoms with Crippen molar-refractivity contribution in [2.75, 3.05) is 13.1 Å². The average Bonchev–Trinajstić information content (AvgIpc) is 2.83. The van der Waals surface area contributed by atoms with Gasteiger partial charge in [0.25, 0.3) is 5.91 Å². The van der Waals surface area contributed by atoms with Crippen LogP contribution >= 0.6 is 0 Å². The number of aryl methyl sites for hydroxylation is 1. The molecule has 0 heterocycles. The van der Waals surface area contributed by atoms with Crippen LogP contribution in [0, 0.1) is 12.8 Å². The lowest BCUT2D eigenvalue weighted by atomic mass is 9.75. The van der Waals surface area contributed by atoms with Crippen LogP contribution in [0.1, 0.15) is 94.5 Å². The molecule has 202 valence electrons. The van der Waals surface area contributed by atoms with E-state index in [0.717, 1.165) is 24.8 Å². The zero-order chi connectivity index (χ0) is 26.9. The predicted octanol–water partition coefficient (Wildman–Crippen LogP) is 2.94. The number of ketones is 1. The molecular weight excluding hydrogens is 457 g/mol. The maximum Gasteiger partial charge on any atom is 0.469 e. The van der Waals surface area contributed by atoms with Crippen LogP contribution in [0.3, 0.4) is 0 Å². The fraction of sp³-hybridized carbons (Fsp3) is 0.667. The molecule has 0 saturated heterocycles. The molecule has 0 aliphatic heterocycles. The lowest BCUT2D eigenvalue weighted by Crippen LogP contribution is -2.53. The van der Waals surface area contributed by atoms with E-state index in [4.69, 9.17) is 0 Å². The number of carbonyl (C=O) groups is 3. The molecule has 5 N–H and O–H groups in total. The predicted molar refractivity (Wildman–Crippen MR) is 144 cm³/mol. The summed E-state index contributed by atoms with van der Waals surface area (Å²) in [5, 5.41) is 27.7. The van der Waals surface area contributed by atoms with Crippen LogP contribution < -0.4 is 16.0 Å². The zero-order valence-corrected chi connectivity index (χ0v) is 22.5. The maximum atomic E-state index is 13.0. The summed E-state index contributed by atoms with van der Waals surface area (Å²) in [7, 11) is -1.60. The normalized spacial score (nSPS) is 12.8. The lowest BCUT2D eigenvalue weighted by Gasteiger charge is -2.22. The van der Waals surface area contributed by atoms with Crippen LogP contribution in [0.15, 0.2) is 24.3 Å². The average molecular weight is 503 g/mol. The van der Waals surface area contributed by atoms with Gasteiger partial charge in [0.2, 0.25) is 5.91 Å². The van der Waals surface area contributed by atoms with Crippen LogP contribution in [0.5, 0.6) is 0 Å². The second-order valence-corrected chi connectivity index (χ2v) is 10.1. The molecule has 1 rings (SSSR count). The van der Waals surface area contributed by atoms with Gasteiger partial charge in [0.05, 0.1) is 6.54 Å². The summed E-state index contributed by atoms with van der Waals surface area (Å²) < 4.78 is 0. The number of hydrogen-bond acceptors (Lipinski definition) is 6. The van der Waals surface area contributed by atoms with Gasteiger partial charge in [-0.1, -0.05) is 77.0 Å². The number of carbonyl (C=O) groups excluding carboxylic acids is 3. The molecule has 0 bridgehead atoms. The lowest BCUT2D eigenvalue weighted by molar-refractivity contribution is -0.127. The molecule has 0 aliphatic rings. The van der Waals surface area contributed by atoms with E-state index in [1.165, 1.54) is 25.7 Å². The highest BCUT2D eigenvalue weighted by Crippen LogP contribution is 2.09. The van der Waals surface area contributed by atoms with Gasteiger partial charge >= 0.3 is 7.12 Å². The number of Topliss-reactive ketones (excluding diaryl/α,β-unsaturated/α-hetero) is 1. The number of benzene rings is 1. The maximum absolute atomic E-state index is 13.0. The molecule has 2 amide bonds.